The van der Waals surface area contributed by atoms with Crippen LogP contribution in [0.3, 0.4) is 0 Å². The molecule has 0 radical (unpaired) electrons. The van der Waals surface area contributed by atoms with E-state index in [0.29, 0.717) is 35.1 Å². The summed E-state index contributed by atoms with van der Waals surface area (Å²) in [6.45, 7) is 8.66. The van der Waals surface area contributed by atoms with E-state index in [9.17, 15) is 9.18 Å². The predicted octanol–water partition coefficient (Wildman–Crippen LogP) is 5.45. The molecule has 0 bridgehead atoms. The maximum atomic E-state index is 13.4. The van der Waals surface area contributed by atoms with Crippen LogP contribution in [-0.2, 0) is 13.1 Å². The molecule has 0 fully saturated rings. The van der Waals surface area contributed by atoms with E-state index < -0.39 is 0 Å². The van der Waals surface area contributed by atoms with Crippen molar-refractivity contribution in [1.29, 1.82) is 0 Å². The zero-order valence-electron chi connectivity index (χ0n) is 19.0. The van der Waals surface area contributed by atoms with Crippen LogP contribution in [-0.4, -0.2) is 25.5 Å². The van der Waals surface area contributed by atoms with Crippen molar-refractivity contribution in [1.82, 2.24) is 19.6 Å². The highest BCUT2D eigenvalue weighted by Crippen LogP contribution is 2.24. The average Bonchev–Trinajstić information content (AvgIpc) is 3.22. The van der Waals surface area contributed by atoms with Crippen LogP contribution in [0.25, 0.3) is 0 Å². The summed E-state index contributed by atoms with van der Waals surface area (Å²) in [4.78, 5) is 13.0. The minimum atomic E-state index is -0.384. The van der Waals surface area contributed by atoms with Crippen molar-refractivity contribution in [3.63, 3.8) is 0 Å². The Kier molecular flexibility index (Phi) is 6.33. The third-order valence-electron chi connectivity index (χ3n) is 5.58. The topological polar surface area (TPSA) is 64.7 Å². The average molecular weight is 466 g/mol. The second kappa shape index (κ2) is 9.19. The number of aromatic nitrogens is 4. The number of nitrogens with zero attached hydrogens (tertiary/aromatic N) is 4. The van der Waals surface area contributed by atoms with Crippen LogP contribution in [0, 0.1) is 33.5 Å². The van der Waals surface area contributed by atoms with Crippen LogP contribution in [0.15, 0.2) is 48.5 Å². The van der Waals surface area contributed by atoms with Gasteiger partial charge in [-0.3, -0.25) is 14.2 Å². The Bertz CT molecular complexity index is 1340. The van der Waals surface area contributed by atoms with Gasteiger partial charge in [0.2, 0.25) is 0 Å². The van der Waals surface area contributed by atoms with Gasteiger partial charge < -0.3 is 5.32 Å². The molecule has 0 aliphatic rings. The predicted molar refractivity (Wildman–Crippen MR) is 127 cm³/mol. The molecule has 170 valence electrons. The molecule has 0 atom stereocenters. The van der Waals surface area contributed by atoms with Crippen molar-refractivity contribution >= 4 is 23.2 Å². The number of anilines is 1. The number of halogens is 2. The fraction of sp³-hybridized carbons (Fsp3) is 0.240. The SMILES string of the molecule is Cc1cc(C)n(Cc2cccc(C(=O)Nc3c(C)nn(Cc4ccc(F)cc4Cl)c3C)c2)n1. The largest absolute Gasteiger partial charge is 0.319 e. The quantitative estimate of drug-likeness (QED) is 0.411. The lowest BCUT2D eigenvalue weighted by Crippen LogP contribution is -2.14. The Hall–Kier alpha value is -3.45. The Morgan fingerprint density at radius 2 is 1.79 bits per heavy atom. The van der Waals surface area contributed by atoms with Gasteiger partial charge in [-0.15, -0.1) is 0 Å². The van der Waals surface area contributed by atoms with Gasteiger partial charge in [0.1, 0.15) is 5.82 Å². The van der Waals surface area contributed by atoms with Crippen molar-refractivity contribution in [2.75, 3.05) is 5.32 Å². The molecule has 2 aromatic heterocycles. The zero-order valence-corrected chi connectivity index (χ0v) is 19.7. The first kappa shape index (κ1) is 22.7. The molecule has 33 heavy (non-hydrogen) atoms. The number of carbonyl (C=O) groups is 1. The Balaban J connectivity index is 1.52. The summed E-state index contributed by atoms with van der Waals surface area (Å²) in [5.41, 5.74) is 6.47. The van der Waals surface area contributed by atoms with E-state index in [-0.39, 0.29) is 11.7 Å². The van der Waals surface area contributed by atoms with Gasteiger partial charge in [0.05, 0.1) is 35.9 Å². The second-order valence-corrected chi connectivity index (χ2v) is 8.59. The van der Waals surface area contributed by atoms with Gasteiger partial charge in [0, 0.05) is 16.3 Å². The molecule has 4 rings (SSSR count). The van der Waals surface area contributed by atoms with Crippen molar-refractivity contribution in [3.05, 3.63) is 98.8 Å². The Morgan fingerprint density at radius 3 is 2.48 bits per heavy atom. The lowest BCUT2D eigenvalue weighted by atomic mass is 10.1. The summed E-state index contributed by atoms with van der Waals surface area (Å²) in [6, 6.07) is 13.8. The first-order valence-corrected chi connectivity index (χ1v) is 11.0. The van der Waals surface area contributed by atoms with Gasteiger partial charge in [-0.25, -0.2) is 4.39 Å². The first-order chi connectivity index (χ1) is 15.7. The number of benzene rings is 2. The molecule has 1 amide bonds. The van der Waals surface area contributed by atoms with Crippen LogP contribution in [0.5, 0.6) is 0 Å². The lowest BCUT2D eigenvalue weighted by molar-refractivity contribution is 0.102. The maximum absolute atomic E-state index is 13.4. The number of hydrogen-bond acceptors (Lipinski definition) is 3. The summed E-state index contributed by atoms with van der Waals surface area (Å²) < 4.78 is 17.0. The van der Waals surface area contributed by atoms with Crippen LogP contribution in [0.2, 0.25) is 5.02 Å². The van der Waals surface area contributed by atoms with Gasteiger partial charge in [-0.05, 0) is 69.2 Å². The fourth-order valence-electron chi connectivity index (χ4n) is 3.85. The van der Waals surface area contributed by atoms with E-state index in [0.717, 1.165) is 28.2 Å². The van der Waals surface area contributed by atoms with Gasteiger partial charge in [0.25, 0.3) is 5.91 Å². The van der Waals surface area contributed by atoms with E-state index in [2.05, 4.69) is 15.5 Å². The fourth-order valence-corrected chi connectivity index (χ4v) is 4.07. The monoisotopic (exact) mass is 465 g/mol. The molecular formula is C25H25ClFN5O. The van der Waals surface area contributed by atoms with Gasteiger partial charge in [-0.1, -0.05) is 29.8 Å². The molecule has 8 heteroatoms. The first-order valence-electron chi connectivity index (χ1n) is 10.6. The zero-order chi connectivity index (χ0) is 23.7. The van der Waals surface area contributed by atoms with Crippen molar-refractivity contribution < 1.29 is 9.18 Å². The van der Waals surface area contributed by atoms with Crippen LogP contribution in [0.1, 0.15) is 44.3 Å². The van der Waals surface area contributed by atoms with Gasteiger partial charge >= 0.3 is 0 Å². The molecule has 0 aliphatic carbocycles. The van der Waals surface area contributed by atoms with Crippen molar-refractivity contribution in [2.45, 2.75) is 40.8 Å². The summed E-state index contributed by atoms with van der Waals surface area (Å²) in [5.74, 6) is -0.596. The minimum Gasteiger partial charge on any atom is -0.319 e. The summed E-state index contributed by atoms with van der Waals surface area (Å²) in [6.07, 6.45) is 0. The highest BCUT2D eigenvalue weighted by molar-refractivity contribution is 6.31. The molecule has 4 aromatic rings. The molecule has 6 nitrogen and oxygen atoms in total. The Morgan fingerprint density at radius 1 is 1.00 bits per heavy atom. The molecule has 1 N–H and O–H groups in total. The molecular weight excluding hydrogens is 441 g/mol. The number of hydrogen-bond donors (Lipinski definition) is 1. The highest BCUT2D eigenvalue weighted by atomic mass is 35.5. The smallest absolute Gasteiger partial charge is 0.255 e. The van der Waals surface area contributed by atoms with Crippen LogP contribution < -0.4 is 5.32 Å². The number of nitrogens with one attached hydrogen (secondary N) is 1. The standard InChI is InChI=1S/C25H25ClFN5O/c1-15-10-16(2)31(29-15)13-19-6-5-7-20(11-19)25(33)28-24-17(3)30-32(18(24)4)14-21-8-9-22(27)12-23(21)26/h5-12H,13-14H2,1-4H3,(H,28,33). The van der Waals surface area contributed by atoms with E-state index >= 15 is 0 Å². The number of carbonyl (C=O) groups excluding carboxylic acids is 1. The third kappa shape index (κ3) is 4.98. The normalized spacial score (nSPS) is 11.1. The molecule has 0 aliphatic heterocycles. The van der Waals surface area contributed by atoms with Crippen molar-refractivity contribution in [2.24, 2.45) is 0 Å². The van der Waals surface area contributed by atoms with E-state index in [4.69, 9.17) is 11.6 Å². The molecule has 2 heterocycles. The minimum absolute atomic E-state index is 0.212. The van der Waals surface area contributed by atoms with E-state index in [1.165, 1.54) is 12.1 Å². The second-order valence-electron chi connectivity index (χ2n) is 8.18. The van der Waals surface area contributed by atoms with Gasteiger partial charge in [-0.2, -0.15) is 10.2 Å². The van der Waals surface area contributed by atoms with Crippen LogP contribution in [0.4, 0.5) is 10.1 Å². The van der Waals surface area contributed by atoms with Gasteiger partial charge in [0.15, 0.2) is 0 Å². The summed E-state index contributed by atoms with van der Waals surface area (Å²) >= 11 is 6.17. The molecule has 0 spiro atoms. The number of amides is 1. The maximum Gasteiger partial charge on any atom is 0.255 e. The summed E-state index contributed by atoms with van der Waals surface area (Å²) in [7, 11) is 0. The molecule has 0 saturated heterocycles. The summed E-state index contributed by atoms with van der Waals surface area (Å²) in [5, 5.41) is 12.4. The lowest BCUT2D eigenvalue weighted by Gasteiger charge is -2.10. The van der Waals surface area contributed by atoms with E-state index in [1.54, 1.807) is 16.8 Å². The number of aryl methyl sites for hydroxylation is 3. The highest BCUT2D eigenvalue weighted by Gasteiger charge is 2.17. The van der Waals surface area contributed by atoms with Crippen molar-refractivity contribution in [3.8, 4) is 0 Å². The molecule has 0 unspecified atom stereocenters. The van der Waals surface area contributed by atoms with E-state index in [1.807, 2.05) is 56.6 Å². The number of rotatable bonds is 6. The van der Waals surface area contributed by atoms with Crippen LogP contribution >= 0.6 is 11.6 Å². The third-order valence-corrected chi connectivity index (χ3v) is 5.93. The molecule has 0 saturated carbocycles. The molecule has 2 aromatic carbocycles. The Labute approximate surface area is 197 Å².